The molecule has 3 rings (SSSR count). The molecule has 10 heteroatoms. The number of morpholine rings is 1. The summed E-state index contributed by atoms with van der Waals surface area (Å²) in [6, 6.07) is 5.11. The van der Waals surface area contributed by atoms with Crippen molar-refractivity contribution in [3.8, 4) is 0 Å². The molecule has 30 heavy (non-hydrogen) atoms. The first-order valence-corrected chi connectivity index (χ1v) is 12.7. The number of amides is 1. The van der Waals surface area contributed by atoms with Gasteiger partial charge in [0.15, 0.2) is 0 Å². The van der Waals surface area contributed by atoms with Gasteiger partial charge in [-0.05, 0) is 45.9 Å². The molecule has 8 nitrogen and oxygen atoms in total. The molecule has 2 heterocycles. The molecule has 1 aliphatic heterocycles. The molecule has 1 N–H and O–H groups in total. The highest BCUT2D eigenvalue weighted by atomic mass is 32.2. The van der Waals surface area contributed by atoms with Gasteiger partial charge in [-0.25, -0.2) is 13.4 Å². The van der Waals surface area contributed by atoms with Gasteiger partial charge in [-0.3, -0.25) is 4.79 Å². The largest absolute Gasteiger partial charge is 0.379 e. The third kappa shape index (κ3) is 5.35. The first-order valence-electron chi connectivity index (χ1n) is 10.1. The van der Waals surface area contributed by atoms with Crippen LogP contribution in [0.1, 0.15) is 33.5 Å². The van der Waals surface area contributed by atoms with Gasteiger partial charge in [-0.15, -0.1) is 11.8 Å². The van der Waals surface area contributed by atoms with Crippen molar-refractivity contribution in [3.63, 3.8) is 0 Å². The van der Waals surface area contributed by atoms with E-state index in [2.05, 4.69) is 14.9 Å². The first kappa shape index (κ1) is 23.1. The van der Waals surface area contributed by atoms with E-state index >= 15 is 0 Å². The van der Waals surface area contributed by atoms with Gasteiger partial charge in [0, 0.05) is 25.2 Å². The summed E-state index contributed by atoms with van der Waals surface area (Å²) in [6.45, 7) is 10.2. The SMILES string of the molecule is CCn1c(CSCC(=O)NC(C)(C)C)nc2cc(S(=O)(=O)N3CCOCC3)ccc21. The van der Waals surface area contributed by atoms with Crippen molar-refractivity contribution in [1.82, 2.24) is 19.2 Å². The van der Waals surface area contributed by atoms with E-state index < -0.39 is 10.0 Å². The minimum Gasteiger partial charge on any atom is -0.379 e. The van der Waals surface area contributed by atoms with E-state index in [-0.39, 0.29) is 16.3 Å². The van der Waals surface area contributed by atoms with Gasteiger partial charge in [0.25, 0.3) is 0 Å². The zero-order valence-electron chi connectivity index (χ0n) is 18.0. The summed E-state index contributed by atoms with van der Waals surface area (Å²) >= 11 is 1.50. The van der Waals surface area contributed by atoms with Crippen molar-refractivity contribution in [1.29, 1.82) is 0 Å². The highest BCUT2D eigenvalue weighted by Crippen LogP contribution is 2.25. The van der Waals surface area contributed by atoms with Gasteiger partial charge < -0.3 is 14.6 Å². The number of rotatable bonds is 7. The highest BCUT2D eigenvalue weighted by molar-refractivity contribution is 7.99. The Morgan fingerprint density at radius 3 is 2.60 bits per heavy atom. The van der Waals surface area contributed by atoms with Crippen LogP contribution in [0, 0.1) is 0 Å². The van der Waals surface area contributed by atoms with Crippen LogP contribution >= 0.6 is 11.8 Å². The molecule has 166 valence electrons. The van der Waals surface area contributed by atoms with Crippen LogP contribution in [-0.2, 0) is 31.9 Å². The predicted molar refractivity (Wildman–Crippen MR) is 119 cm³/mol. The van der Waals surface area contributed by atoms with Crippen LogP contribution in [0.15, 0.2) is 23.1 Å². The summed E-state index contributed by atoms with van der Waals surface area (Å²) in [5.74, 6) is 1.75. The lowest BCUT2D eigenvalue weighted by Gasteiger charge is -2.26. The first-order chi connectivity index (χ1) is 14.1. The number of carbonyl (C=O) groups is 1. The van der Waals surface area contributed by atoms with Crippen LogP contribution in [0.2, 0.25) is 0 Å². The molecule has 0 bridgehead atoms. The van der Waals surface area contributed by atoms with Crippen molar-refractivity contribution in [3.05, 3.63) is 24.0 Å². The number of fused-ring (bicyclic) bond motifs is 1. The number of hydrogen-bond acceptors (Lipinski definition) is 6. The van der Waals surface area contributed by atoms with Gasteiger partial charge in [0.2, 0.25) is 15.9 Å². The number of carbonyl (C=O) groups excluding carboxylic acids is 1. The van der Waals surface area contributed by atoms with Crippen molar-refractivity contribution < 1.29 is 17.9 Å². The van der Waals surface area contributed by atoms with Gasteiger partial charge in [0.05, 0.1) is 40.6 Å². The molecular weight excluding hydrogens is 424 g/mol. The van der Waals surface area contributed by atoms with Crippen LogP contribution in [0.4, 0.5) is 0 Å². The van der Waals surface area contributed by atoms with Crippen LogP contribution in [0.3, 0.4) is 0 Å². The summed E-state index contributed by atoms with van der Waals surface area (Å²) in [6.07, 6.45) is 0. The Morgan fingerprint density at radius 1 is 1.27 bits per heavy atom. The Bertz CT molecular complexity index is 1010. The second-order valence-corrected chi connectivity index (χ2v) is 11.2. The van der Waals surface area contributed by atoms with Crippen LogP contribution in [0.25, 0.3) is 11.0 Å². The van der Waals surface area contributed by atoms with E-state index in [0.717, 1.165) is 17.9 Å². The number of ether oxygens (including phenoxy) is 1. The number of hydrogen-bond donors (Lipinski definition) is 1. The molecule has 1 aromatic carbocycles. The maximum absolute atomic E-state index is 12.9. The smallest absolute Gasteiger partial charge is 0.243 e. The number of aryl methyl sites for hydroxylation is 1. The quantitative estimate of drug-likeness (QED) is 0.690. The molecule has 0 unspecified atom stereocenters. The number of nitrogens with one attached hydrogen (secondary N) is 1. The zero-order valence-corrected chi connectivity index (χ0v) is 19.6. The summed E-state index contributed by atoms with van der Waals surface area (Å²) in [5.41, 5.74) is 1.30. The number of aromatic nitrogens is 2. The average Bonchev–Trinajstić information content (AvgIpc) is 3.03. The molecule has 1 saturated heterocycles. The predicted octanol–water partition coefficient (Wildman–Crippen LogP) is 2.22. The average molecular weight is 455 g/mol. The van der Waals surface area contributed by atoms with E-state index in [1.54, 1.807) is 12.1 Å². The summed E-state index contributed by atoms with van der Waals surface area (Å²) < 4.78 is 34.7. The van der Waals surface area contributed by atoms with Crippen molar-refractivity contribution in [2.45, 2.75) is 50.4 Å². The van der Waals surface area contributed by atoms with E-state index in [4.69, 9.17) is 4.74 Å². The molecule has 0 spiro atoms. The molecular formula is C20H30N4O4S2. The molecule has 1 fully saturated rings. The monoisotopic (exact) mass is 454 g/mol. The zero-order chi connectivity index (χ0) is 21.9. The number of sulfonamides is 1. The van der Waals surface area contributed by atoms with Crippen LogP contribution < -0.4 is 5.32 Å². The van der Waals surface area contributed by atoms with Gasteiger partial charge >= 0.3 is 0 Å². The normalized spacial score (nSPS) is 16.1. The van der Waals surface area contributed by atoms with E-state index in [1.807, 2.05) is 33.8 Å². The minimum atomic E-state index is -3.56. The van der Waals surface area contributed by atoms with Crippen molar-refractivity contribution in [2.24, 2.45) is 0 Å². The van der Waals surface area contributed by atoms with E-state index in [1.165, 1.54) is 16.1 Å². The summed E-state index contributed by atoms with van der Waals surface area (Å²) in [5, 5.41) is 2.95. The van der Waals surface area contributed by atoms with Crippen molar-refractivity contribution in [2.75, 3.05) is 32.1 Å². The Hall–Kier alpha value is -1.62. The molecule has 1 aliphatic rings. The molecule has 0 saturated carbocycles. The Kier molecular flexibility index (Phi) is 7.11. The lowest BCUT2D eigenvalue weighted by molar-refractivity contribution is -0.119. The second-order valence-electron chi connectivity index (χ2n) is 8.23. The maximum atomic E-state index is 12.9. The van der Waals surface area contributed by atoms with Crippen LogP contribution in [0.5, 0.6) is 0 Å². The third-order valence-corrected chi connectivity index (χ3v) is 7.52. The minimum absolute atomic E-state index is 0.00875. The second kappa shape index (κ2) is 9.25. The van der Waals surface area contributed by atoms with Crippen molar-refractivity contribution >= 4 is 38.7 Å². The Morgan fingerprint density at radius 2 is 1.97 bits per heavy atom. The highest BCUT2D eigenvalue weighted by Gasteiger charge is 2.27. The fraction of sp³-hybridized carbons (Fsp3) is 0.600. The number of imidazole rings is 1. The lowest BCUT2D eigenvalue weighted by atomic mass is 10.1. The topological polar surface area (TPSA) is 93.5 Å². The van der Waals surface area contributed by atoms with Gasteiger partial charge in [-0.2, -0.15) is 4.31 Å². The van der Waals surface area contributed by atoms with E-state index in [9.17, 15) is 13.2 Å². The number of benzene rings is 1. The summed E-state index contributed by atoms with van der Waals surface area (Å²) in [7, 11) is -3.56. The summed E-state index contributed by atoms with van der Waals surface area (Å²) in [4.78, 5) is 17.0. The van der Waals surface area contributed by atoms with Gasteiger partial charge in [0.1, 0.15) is 5.82 Å². The molecule has 1 amide bonds. The van der Waals surface area contributed by atoms with E-state index in [0.29, 0.717) is 43.3 Å². The molecule has 0 radical (unpaired) electrons. The Labute approximate surface area is 182 Å². The standard InChI is InChI=1S/C20H30N4O4S2/c1-5-24-17-7-6-15(30(26,27)23-8-10-28-11-9-23)12-16(17)21-18(24)13-29-14-19(25)22-20(2,3)4/h6-7,12H,5,8-11,13-14H2,1-4H3,(H,22,25). The third-order valence-electron chi connectivity index (χ3n) is 4.70. The fourth-order valence-electron chi connectivity index (χ4n) is 3.41. The van der Waals surface area contributed by atoms with Gasteiger partial charge in [-0.1, -0.05) is 0 Å². The number of thioether (sulfide) groups is 1. The molecule has 1 aromatic heterocycles. The maximum Gasteiger partial charge on any atom is 0.243 e. The molecule has 0 aliphatic carbocycles. The Balaban J connectivity index is 1.78. The lowest BCUT2D eigenvalue weighted by Crippen LogP contribution is -2.41. The molecule has 2 aromatic rings. The number of nitrogens with zero attached hydrogens (tertiary/aromatic N) is 3. The fourth-order valence-corrected chi connectivity index (χ4v) is 5.60. The molecule has 0 atom stereocenters. The van der Waals surface area contributed by atoms with Crippen LogP contribution in [-0.4, -0.2) is 65.8 Å².